The standard InChI is InChI=1S/C16H10F7NO2S/c17-8-2-1-7(10(18)5-8)6-24(9-3-4-9)27(25,26)16-14(22)12(20)11(19)13(21)15(16)23/h1-2,5,9H,3-4,6H2. The van der Waals surface area contributed by atoms with E-state index >= 15 is 0 Å². The van der Waals surface area contributed by atoms with Crippen LogP contribution in [-0.4, -0.2) is 18.8 Å². The van der Waals surface area contributed by atoms with E-state index in [9.17, 15) is 39.2 Å². The van der Waals surface area contributed by atoms with Crippen molar-refractivity contribution in [2.75, 3.05) is 0 Å². The van der Waals surface area contributed by atoms with Gasteiger partial charge in [0.15, 0.2) is 28.2 Å². The van der Waals surface area contributed by atoms with E-state index in [1.807, 2.05) is 0 Å². The predicted molar refractivity (Wildman–Crippen MR) is 78.3 cm³/mol. The molecule has 1 saturated carbocycles. The summed E-state index contributed by atoms with van der Waals surface area (Å²) in [6.45, 7) is -0.765. The summed E-state index contributed by atoms with van der Waals surface area (Å²) in [4.78, 5) is -2.01. The van der Waals surface area contributed by atoms with Gasteiger partial charge in [0, 0.05) is 24.2 Å². The number of halogens is 7. The third-order valence-corrected chi connectivity index (χ3v) is 5.95. The summed E-state index contributed by atoms with van der Waals surface area (Å²) in [5.41, 5.74) is -0.323. The van der Waals surface area contributed by atoms with Crippen LogP contribution in [-0.2, 0) is 16.6 Å². The van der Waals surface area contributed by atoms with E-state index in [4.69, 9.17) is 0 Å². The first-order valence-electron chi connectivity index (χ1n) is 7.53. The van der Waals surface area contributed by atoms with Gasteiger partial charge in [-0.25, -0.2) is 39.2 Å². The summed E-state index contributed by atoms with van der Waals surface area (Å²) in [6, 6.07) is 1.43. The van der Waals surface area contributed by atoms with Gasteiger partial charge < -0.3 is 0 Å². The molecule has 3 nitrogen and oxygen atoms in total. The fourth-order valence-electron chi connectivity index (χ4n) is 2.52. The fraction of sp³-hybridized carbons (Fsp3) is 0.250. The number of nitrogens with zero attached hydrogens (tertiary/aromatic N) is 1. The van der Waals surface area contributed by atoms with Crippen molar-refractivity contribution in [3.05, 3.63) is 64.5 Å². The van der Waals surface area contributed by atoms with Crippen LogP contribution in [0.2, 0.25) is 0 Å². The van der Waals surface area contributed by atoms with Crippen LogP contribution in [0.5, 0.6) is 0 Å². The minimum absolute atomic E-state index is 0.247. The van der Waals surface area contributed by atoms with Gasteiger partial charge in [-0.1, -0.05) is 6.07 Å². The third-order valence-electron chi connectivity index (χ3n) is 4.03. The Morgan fingerprint density at radius 3 is 1.85 bits per heavy atom. The van der Waals surface area contributed by atoms with E-state index in [1.54, 1.807) is 0 Å². The van der Waals surface area contributed by atoms with Gasteiger partial charge in [0.2, 0.25) is 15.8 Å². The Kier molecular flexibility index (Phi) is 4.93. The molecule has 11 heteroatoms. The molecular weight excluding hydrogens is 403 g/mol. The van der Waals surface area contributed by atoms with E-state index in [0.29, 0.717) is 10.4 Å². The minimum atomic E-state index is -5.21. The van der Waals surface area contributed by atoms with Crippen molar-refractivity contribution >= 4 is 10.0 Å². The van der Waals surface area contributed by atoms with Gasteiger partial charge in [-0.15, -0.1) is 0 Å². The minimum Gasteiger partial charge on any atom is -0.207 e. The largest absolute Gasteiger partial charge is 0.249 e. The van der Waals surface area contributed by atoms with Crippen molar-refractivity contribution in [2.24, 2.45) is 0 Å². The Morgan fingerprint density at radius 1 is 0.852 bits per heavy atom. The Labute approximate surface area is 149 Å². The lowest BCUT2D eigenvalue weighted by Gasteiger charge is -2.23. The highest BCUT2D eigenvalue weighted by atomic mass is 32.2. The van der Waals surface area contributed by atoms with Crippen molar-refractivity contribution < 1.29 is 39.2 Å². The number of hydrogen-bond acceptors (Lipinski definition) is 2. The second-order valence-corrected chi connectivity index (χ2v) is 7.74. The van der Waals surface area contributed by atoms with Crippen LogP contribution < -0.4 is 0 Å². The highest BCUT2D eigenvalue weighted by Gasteiger charge is 2.43. The van der Waals surface area contributed by atoms with Gasteiger partial charge >= 0.3 is 0 Å². The van der Waals surface area contributed by atoms with E-state index in [0.717, 1.165) is 12.1 Å². The maximum absolute atomic E-state index is 14.0. The molecule has 0 aliphatic heterocycles. The van der Waals surface area contributed by atoms with Gasteiger partial charge in [-0.05, 0) is 18.9 Å². The van der Waals surface area contributed by atoms with Gasteiger partial charge in [0.1, 0.15) is 11.6 Å². The van der Waals surface area contributed by atoms with Crippen LogP contribution >= 0.6 is 0 Å². The van der Waals surface area contributed by atoms with Crippen LogP contribution in [0, 0.1) is 40.7 Å². The molecule has 3 rings (SSSR count). The first-order chi connectivity index (χ1) is 12.6. The molecule has 0 unspecified atom stereocenters. The molecule has 0 spiro atoms. The summed E-state index contributed by atoms with van der Waals surface area (Å²) in [5, 5.41) is 0. The summed E-state index contributed by atoms with van der Waals surface area (Å²) in [7, 11) is -5.21. The van der Waals surface area contributed by atoms with Crippen molar-refractivity contribution in [2.45, 2.75) is 30.3 Å². The predicted octanol–water partition coefficient (Wildman–Crippen LogP) is 4.01. The highest BCUT2D eigenvalue weighted by Crippen LogP contribution is 2.37. The number of sulfonamides is 1. The molecule has 146 valence electrons. The smallest absolute Gasteiger partial charge is 0.207 e. The molecule has 0 saturated heterocycles. The van der Waals surface area contributed by atoms with E-state index < -0.39 is 68.2 Å². The topological polar surface area (TPSA) is 37.4 Å². The number of rotatable bonds is 5. The molecule has 1 fully saturated rings. The van der Waals surface area contributed by atoms with Crippen molar-refractivity contribution in [3.8, 4) is 0 Å². The molecule has 1 aliphatic carbocycles. The lowest BCUT2D eigenvalue weighted by Crippen LogP contribution is -2.34. The lowest BCUT2D eigenvalue weighted by atomic mass is 10.2. The average molecular weight is 413 g/mol. The molecule has 2 aromatic rings. The summed E-state index contributed by atoms with van der Waals surface area (Å²) < 4.78 is 120. The molecule has 27 heavy (non-hydrogen) atoms. The lowest BCUT2D eigenvalue weighted by molar-refractivity contribution is 0.345. The van der Waals surface area contributed by atoms with Crippen molar-refractivity contribution in [1.29, 1.82) is 0 Å². The first-order valence-corrected chi connectivity index (χ1v) is 8.97. The zero-order valence-electron chi connectivity index (χ0n) is 13.2. The first kappa shape index (κ1) is 19.6. The van der Waals surface area contributed by atoms with Crippen LogP contribution in [0.3, 0.4) is 0 Å². The molecule has 2 aromatic carbocycles. The molecule has 0 bridgehead atoms. The summed E-state index contributed by atoms with van der Waals surface area (Å²) in [5.74, 6) is -14.4. The van der Waals surface area contributed by atoms with Gasteiger partial charge in [0.05, 0.1) is 0 Å². The molecule has 0 radical (unpaired) electrons. The van der Waals surface area contributed by atoms with Crippen molar-refractivity contribution in [3.63, 3.8) is 0 Å². The molecule has 0 atom stereocenters. The monoisotopic (exact) mass is 413 g/mol. The maximum atomic E-state index is 14.0. The SMILES string of the molecule is O=S(=O)(c1c(F)c(F)c(F)c(F)c1F)N(Cc1ccc(F)cc1F)C1CC1. The zero-order valence-corrected chi connectivity index (χ0v) is 14.1. The van der Waals surface area contributed by atoms with E-state index in [-0.39, 0.29) is 18.4 Å². The maximum Gasteiger partial charge on any atom is 0.249 e. The second kappa shape index (κ2) is 6.79. The second-order valence-electron chi connectivity index (χ2n) is 5.92. The molecule has 1 aliphatic rings. The third kappa shape index (κ3) is 3.41. The van der Waals surface area contributed by atoms with Crippen LogP contribution in [0.15, 0.2) is 23.1 Å². The normalized spacial score (nSPS) is 14.8. The molecule has 0 heterocycles. The van der Waals surface area contributed by atoms with Gasteiger partial charge in [-0.2, -0.15) is 4.31 Å². The highest BCUT2D eigenvalue weighted by molar-refractivity contribution is 7.89. The Hall–Kier alpha value is -2.14. The van der Waals surface area contributed by atoms with E-state index in [1.165, 1.54) is 0 Å². The Bertz CT molecular complexity index is 993. The van der Waals surface area contributed by atoms with E-state index in [2.05, 4.69) is 0 Å². The van der Waals surface area contributed by atoms with Crippen LogP contribution in [0.4, 0.5) is 30.7 Å². The summed E-state index contributed by atoms with van der Waals surface area (Å²) >= 11 is 0. The van der Waals surface area contributed by atoms with Crippen LogP contribution in [0.1, 0.15) is 18.4 Å². The molecule has 0 N–H and O–H groups in total. The zero-order chi connectivity index (χ0) is 20.1. The quantitative estimate of drug-likeness (QED) is 0.422. The molecular formula is C16H10F7NO2S. The average Bonchev–Trinajstić information content (AvgIpc) is 3.42. The molecule has 0 aromatic heterocycles. The van der Waals surface area contributed by atoms with Gasteiger partial charge in [0.25, 0.3) is 0 Å². The van der Waals surface area contributed by atoms with Crippen molar-refractivity contribution in [1.82, 2.24) is 4.31 Å². The number of benzene rings is 2. The molecule has 0 amide bonds. The Balaban J connectivity index is 2.11. The number of hydrogen-bond donors (Lipinski definition) is 0. The van der Waals surface area contributed by atoms with Crippen LogP contribution in [0.25, 0.3) is 0 Å². The summed E-state index contributed by atoms with van der Waals surface area (Å²) in [6.07, 6.45) is 0.495. The fourth-order valence-corrected chi connectivity index (χ4v) is 4.30. The van der Waals surface area contributed by atoms with Gasteiger partial charge in [-0.3, -0.25) is 0 Å². The Morgan fingerprint density at radius 2 is 1.37 bits per heavy atom.